The fourth-order valence-electron chi connectivity index (χ4n) is 2.71. The molecule has 0 spiro atoms. The Balaban J connectivity index is 1.62. The summed E-state index contributed by atoms with van der Waals surface area (Å²) in [5.74, 6) is -0.192. The number of ether oxygens (including phenoxy) is 3. The topological polar surface area (TPSA) is 61.8 Å². The second kappa shape index (κ2) is 10.2. The van der Waals surface area contributed by atoms with Gasteiger partial charge in [-0.05, 0) is 49.9 Å². The highest BCUT2D eigenvalue weighted by molar-refractivity contribution is 6.30. The molecule has 136 valence electrons. The lowest BCUT2D eigenvalue weighted by Gasteiger charge is -2.27. The summed E-state index contributed by atoms with van der Waals surface area (Å²) in [6.45, 7) is 4.20. The van der Waals surface area contributed by atoms with Gasteiger partial charge in [-0.2, -0.15) is 0 Å². The number of carbonyl (C=O) groups is 2. The van der Waals surface area contributed by atoms with Gasteiger partial charge in [-0.1, -0.05) is 18.2 Å². The van der Waals surface area contributed by atoms with Crippen LogP contribution in [-0.4, -0.2) is 31.3 Å². The van der Waals surface area contributed by atoms with Gasteiger partial charge in [0.05, 0.1) is 25.2 Å². The molecule has 0 aliphatic heterocycles. The molecule has 0 unspecified atom stereocenters. The van der Waals surface area contributed by atoms with Crippen LogP contribution < -0.4 is 4.74 Å². The maximum absolute atomic E-state index is 12.2. The van der Waals surface area contributed by atoms with Gasteiger partial charge in [-0.3, -0.25) is 4.79 Å². The third-order valence-corrected chi connectivity index (χ3v) is 4.34. The highest BCUT2D eigenvalue weighted by Gasteiger charge is 2.28. The predicted molar refractivity (Wildman–Crippen MR) is 94.6 cm³/mol. The largest absolute Gasteiger partial charge is 0.462 e. The van der Waals surface area contributed by atoms with E-state index in [-0.39, 0.29) is 18.0 Å². The van der Waals surface area contributed by atoms with Gasteiger partial charge in [0, 0.05) is 17.5 Å². The summed E-state index contributed by atoms with van der Waals surface area (Å²) >= 11 is 5.81. The van der Waals surface area contributed by atoms with Crippen molar-refractivity contribution in [2.45, 2.75) is 38.2 Å². The van der Waals surface area contributed by atoms with Gasteiger partial charge in [0.1, 0.15) is 5.75 Å². The summed E-state index contributed by atoms with van der Waals surface area (Å²) in [6, 6.07) is 6.77. The first kappa shape index (κ1) is 19.5. The molecule has 0 atom stereocenters. The highest BCUT2D eigenvalue weighted by Crippen LogP contribution is 2.28. The Labute approximate surface area is 152 Å². The molecule has 0 radical (unpaired) electrons. The summed E-state index contributed by atoms with van der Waals surface area (Å²) in [6.07, 6.45) is 5.10. The number of halogens is 1. The summed E-state index contributed by atoms with van der Waals surface area (Å²) in [7, 11) is 0. The van der Waals surface area contributed by atoms with Crippen molar-refractivity contribution < 1.29 is 23.8 Å². The van der Waals surface area contributed by atoms with Crippen LogP contribution in [0, 0.1) is 5.92 Å². The van der Waals surface area contributed by atoms with E-state index in [0.29, 0.717) is 30.4 Å². The molecule has 1 saturated carbocycles. The van der Waals surface area contributed by atoms with Crippen LogP contribution in [0.1, 0.15) is 32.1 Å². The molecule has 0 aromatic heterocycles. The van der Waals surface area contributed by atoms with Crippen LogP contribution in [0.25, 0.3) is 0 Å². The molecule has 1 aliphatic rings. The lowest BCUT2D eigenvalue weighted by molar-refractivity contribution is -0.141. The highest BCUT2D eigenvalue weighted by atomic mass is 35.5. The molecule has 2 rings (SSSR count). The van der Waals surface area contributed by atoms with Crippen LogP contribution in [-0.2, 0) is 19.1 Å². The van der Waals surface area contributed by atoms with Crippen LogP contribution in [0.5, 0.6) is 5.75 Å². The predicted octanol–water partition coefficient (Wildman–Crippen LogP) is 3.94. The Bertz CT molecular complexity index is 576. The fourth-order valence-corrected chi connectivity index (χ4v) is 2.83. The van der Waals surface area contributed by atoms with E-state index in [0.717, 1.165) is 31.8 Å². The van der Waals surface area contributed by atoms with Gasteiger partial charge >= 0.3 is 11.9 Å². The zero-order valence-electron chi connectivity index (χ0n) is 14.1. The first-order valence-corrected chi connectivity index (χ1v) is 8.84. The SMILES string of the molecule is C=CC(=O)OCCCOC1CCC(C(=O)Oc2ccc(Cl)cc2)CC1. The number of esters is 2. The number of rotatable bonds is 8. The van der Waals surface area contributed by atoms with Crippen molar-refractivity contribution >= 4 is 23.5 Å². The van der Waals surface area contributed by atoms with E-state index in [1.54, 1.807) is 24.3 Å². The van der Waals surface area contributed by atoms with Gasteiger partial charge < -0.3 is 14.2 Å². The van der Waals surface area contributed by atoms with Crippen molar-refractivity contribution in [3.8, 4) is 5.75 Å². The minimum absolute atomic E-state index is 0.0934. The van der Waals surface area contributed by atoms with Gasteiger partial charge in [-0.15, -0.1) is 0 Å². The number of hydrogen-bond acceptors (Lipinski definition) is 5. The van der Waals surface area contributed by atoms with E-state index in [4.69, 9.17) is 25.8 Å². The van der Waals surface area contributed by atoms with Gasteiger partial charge in [-0.25, -0.2) is 4.79 Å². The van der Waals surface area contributed by atoms with Crippen molar-refractivity contribution in [1.29, 1.82) is 0 Å². The first-order chi connectivity index (χ1) is 12.1. The molecule has 1 aromatic rings. The van der Waals surface area contributed by atoms with Crippen molar-refractivity contribution in [1.82, 2.24) is 0 Å². The molecular weight excluding hydrogens is 344 g/mol. The van der Waals surface area contributed by atoms with E-state index in [2.05, 4.69) is 6.58 Å². The average Bonchev–Trinajstić information content (AvgIpc) is 2.63. The maximum atomic E-state index is 12.2. The summed E-state index contributed by atoms with van der Waals surface area (Å²) in [5.41, 5.74) is 0. The Hall–Kier alpha value is -1.85. The van der Waals surface area contributed by atoms with Crippen LogP contribution in [0.3, 0.4) is 0 Å². The minimum Gasteiger partial charge on any atom is -0.462 e. The normalized spacial score (nSPS) is 19.9. The smallest absolute Gasteiger partial charge is 0.330 e. The monoisotopic (exact) mass is 366 g/mol. The zero-order valence-corrected chi connectivity index (χ0v) is 14.9. The Kier molecular flexibility index (Phi) is 7.95. The lowest BCUT2D eigenvalue weighted by Crippen LogP contribution is -2.29. The molecule has 0 bridgehead atoms. The zero-order chi connectivity index (χ0) is 18.1. The van der Waals surface area contributed by atoms with E-state index in [9.17, 15) is 9.59 Å². The van der Waals surface area contributed by atoms with E-state index in [1.807, 2.05) is 0 Å². The van der Waals surface area contributed by atoms with Crippen molar-refractivity contribution in [3.05, 3.63) is 41.9 Å². The average molecular weight is 367 g/mol. The van der Waals surface area contributed by atoms with Gasteiger partial charge in [0.15, 0.2) is 0 Å². The molecule has 0 heterocycles. The molecule has 5 nitrogen and oxygen atoms in total. The molecule has 25 heavy (non-hydrogen) atoms. The van der Waals surface area contributed by atoms with Crippen LogP contribution >= 0.6 is 11.6 Å². The molecule has 1 fully saturated rings. The van der Waals surface area contributed by atoms with E-state index in [1.165, 1.54) is 0 Å². The molecule has 1 aromatic carbocycles. The molecular formula is C19H23ClO5. The van der Waals surface area contributed by atoms with E-state index < -0.39 is 5.97 Å². The Morgan fingerprint density at radius 1 is 1.12 bits per heavy atom. The third-order valence-electron chi connectivity index (χ3n) is 4.09. The number of carbonyl (C=O) groups excluding carboxylic acids is 2. The van der Waals surface area contributed by atoms with Crippen LogP contribution in [0.4, 0.5) is 0 Å². The molecule has 0 N–H and O–H groups in total. The molecule has 0 saturated heterocycles. The standard InChI is InChI=1S/C19H23ClO5/c1-2-18(21)24-13-3-12-23-16-8-4-14(5-9-16)19(22)25-17-10-6-15(20)7-11-17/h2,6-7,10-11,14,16H,1,3-5,8-9,12-13H2. The van der Waals surface area contributed by atoms with Gasteiger partial charge in [0.2, 0.25) is 0 Å². The molecule has 0 amide bonds. The first-order valence-electron chi connectivity index (χ1n) is 8.46. The summed E-state index contributed by atoms with van der Waals surface area (Å²) in [5, 5.41) is 0.608. The van der Waals surface area contributed by atoms with Crippen molar-refractivity contribution in [2.24, 2.45) is 5.92 Å². The lowest BCUT2D eigenvalue weighted by atomic mass is 9.87. The van der Waals surface area contributed by atoms with Gasteiger partial charge in [0.25, 0.3) is 0 Å². The van der Waals surface area contributed by atoms with E-state index >= 15 is 0 Å². The number of benzene rings is 1. The van der Waals surface area contributed by atoms with Crippen molar-refractivity contribution in [3.63, 3.8) is 0 Å². The Morgan fingerprint density at radius 3 is 2.44 bits per heavy atom. The maximum Gasteiger partial charge on any atom is 0.330 e. The second-order valence-electron chi connectivity index (χ2n) is 5.94. The number of hydrogen-bond donors (Lipinski definition) is 0. The van der Waals surface area contributed by atoms with Crippen LogP contribution in [0.2, 0.25) is 5.02 Å². The van der Waals surface area contributed by atoms with Crippen molar-refractivity contribution in [2.75, 3.05) is 13.2 Å². The quantitative estimate of drug-likeness (QED) is 0.302. The Morgan fingerprint density at radius 2 is 1.80 bits per heavy atom. The second-order valence-corrected chi connectivity index (χ2v) is 6.38. The summed E-state index contributed by atoms with van der Waals surface area (Å²) < 4.78 is 16.1. The van der Waals surface area contributed by atoms with Crippen LogP contribution in [0.15, 0.2) is 36.9 Å². The molecule has 1 aliphatic carbocycles. The summed E-state index contributed by atoms with van der Waals surface area (Å²) in [4.78, 5) is 23.1. The fraction of sp³-hybridized carbons (Fsp3) is 0.474. The molecule has 6 heteroatoms. The minimum atomic E-state index is -0.417. The third kappa shape index (κ3) is 6.88.